The number of aromatic amines is 1. The van der Waals surface area contributed by atoms with Gasteiger partial charge in [-0.3, -0.25) is 9.48 Å². The largest absolute Gasteiger partial charge is 0.383 e. The molecule has 1 amide bonds. The number of nitrogens with one attached hydrogen (secondary N) is 2. The fourth-order valence-corrected chi connectivity index (χ4v) is 3.94. The Morgan fingerprint density at radius 3 is 2.91 bits per heavy atom. The summed E-state index contributed by atoms with van der Waals surface area (Å²) in [5, 5.41) is 8.62. The van der Waals surface area contributed by atoms with Crippen LogP contribution < -0.4 is 11.2 Å². The van der Waals surface area contributed by atoms with Crippen molar-refractivity contribution in [3.63, 3.8) is 0 Å². The summed E-state index contributed by atoms with van der Waals surface area (Å²) >= 11 is 0. The predicted molar refractivity (Wildman–Crippen MR) is 125 cm³/mol. The number of benzene rings is 1. The number of pyridine rings is 1. The number of amides is 1. The van der Waals surface area contributed by atoms with Gasteiger partial charge in [-0.05, 0) is 18.2 Å². The topological polar surface area (TPSA) is 136 Å². The molecule has 0 aliphatic carbocycles. The number of imidazole rings is 1. The van der Waals surface area contributed by atoms with Gasteiger partial charge in [-0.25, -0.2) is 15.4 Å². The van der Waals surface area contributed by atoms with Crippen LogP contribution in [0.1, 0.15) is 18.9 Å². The average molecular weight is 444 g/mol. The van der Waals surface area contributed by atoms with Crippen LogP contribution in [0, 0.1) is 5.92 Å². The van der Waals surface area contributed by atoms with Crippen molar-refractivity contribution < 1.29 is 9.53 Å². The Kier molecular flexibility index (Phi) is 5.35. The second kappa shape index (κ2) is 8.47. The Bertz CT molecular complexity index is 1370. The molecule has 4 heterocycles. The molecule has 3 aromatic heterocycles. The summed E-state index contributed by atoms with van der Waals surface area (Å²) in [5.41, 5.74) is 14.7. The Hall–Kier alpha value is -4.05. The van der Waals surface area contributed by atoms with Gasteiger partial charge in [0.1, 0.15) is 11.6 Å². The molecule has 1 aliphatic heterocycles. The van der Waals surface area contributed by atoms with Gasteiger partial charge < -0.3 is 15.5 Å². The molecule has 1 aromatic carbocycles. The maximum Gasteiger partial charge on any atom is 0.240 e. The first kappa shape index (κ1) is 20.8. The minimum absolute atomic E-state index is 0.0379. The number of hydrogen-bond donors (Lipinski definition) is 3. The van der Waals surface area contributed by atoms with E-state index in [9.17, 15) is 4.79 Å². The number of nitrogens with zero attached hydrogens (tertiary/aromatic N) is 5. The van der Waals surface area contributed by atoms with Crippen molar-refractivity contribution in [2.45, 2.75) is 19.9 Å². The maximum atomic E-state index is 11.6. The highest BCUT2D eigenvalue weighted by Crippen LogP contribution is 2.30. The molecule has 4 N–H and O–H groups in total. The lowest BCUT2D eigenvalue weighted by atomic mass is 9.94. The number of carbonyl (C=O) groups excluding carboxylic acids is 1. The van der Waals surface area contributed by atoms with Crippen molar-refractivity contribution in [2.75, 3.05) is 19.5 Å². The molecule has 1 unspecified atom stereocenters. The van der Waals surface area contributed by atoms with E-state index in [1.807, 2.05) is 42.1 Å². The summed E-state index contributed by atoms with van der Waals surface area (Å²) in [6.45, 7) is 3.25. The average Bonchev–Trinajstić information content (AvgIpc) is 3.44. The van der Waals surface area contributed by atoms with Gasteiger partial charge in [-0.1, -0.05) is 13.0 Å². The van der Waals surface area contributed by atoms with Crippen LogP contribution in [-0.2, 0) is 16.1 Å². The number of methoxy groups -OCH3 is 1. The van der Waals surface area contributed by atoms with Crippen LogP contribution in [0.4, 0.5) is 5.82 Å². The van der Waals surface area contributed by atoms with Gasteiger partial charge in [-0.15, -0.1) is 0 Å². The maximum absolute atomic E-state index is 11.6. The molecule has 0 fully saturated rings. The zero-order valence-electron chi connectivity index (χ0n) is 18.4. The van der Waals surface area contributed by atoms with Crippen LogP contribution in [0.2, 0.25) is 0 Å². The highest BCUT2D eigenvalue weighted by Gasteiger charge is 2.22. The van der Waals surface area contributed by atoms with Gasteiger partial charge in [0, 0.05) is 48.5 Å². The molecule has 10 heteroatoms. The Morgan fingerprint density at radius 2 is 2.09 bits per heavy atom. The molecular formula is C23H24N8O2. The molecule has 0 saturated carbocycles. The third-order valence-electron chi connectivity index (χ3n) is 5.70. The van der Waals surface area contributed by atoms with Gasteiger partial charge in [0.15, 0.2) is 0 Å². The van der Waals surface area contributed by atoms with Gasteiger partial charge in [0.2, 0.25) is 5.91 Å². The summed E-state index contributed by atoms with van der Waals surface area (Å²) in [7, 11) is 1.66. The van der Waals surface area contributed by atoms with Crippen LogP contribution in [0.3, 0.4) is 0 Å². The monoisotopic (exact) mass is 444 g/mol. The molecule has 1 atom stereocenters. The second-order valence-electron chi connectivity index (χ2n) is 8.10. The third kappa shape index (κ3) is 4.08. The van der Waals surface area contributed by atoms with E-state index in [4.69, 9.17) is 15.5 Å². The zero-order valence-corrected chi connectivity index (χ0v) is 18.4. The fraction of sp³-hybridized carbons (Fsp3) is 0.261. The number of nitrogen functional groups attached to an aromatic ring is 1. The molecule has 33 heavy (non-hydrogen) atoms. The number of hydrazone groups is 1. The van der Waals surface area contributed by atoms with Gasteiger partial charge in [-0.2, -0.15) is 10.2 Å². The molecule has 168 valence electrons. The van der Waals surface area contributed by atoms with E-state index < -0.39 is 0 Å². The molecule has 0 radical (unpaired) electrons. The number of anilines is 1. The predicted octanol–water partition coefficient (Wildman–Crippen LogP) is 2.58. The van der Waals surface area contributed by atoms with E-state index in [0.29, 0.717) is 36.8 Å². The minimum atomic E-state index is -0.0681. The smallest absolute Gasteiger partial charge is 0.240 e. The van der Waals surface area contributed by atoms with Crippen LogP contribution in [0.25, 0.3) is 33.5 Å². The number of ether oxygens (including phenoxy) is 1. The molecule has 10 nitrogen and oxygen atoms in total. The van der Waals surface area contributed by atoms with E-state index in [0.717, 1.165) is 33.4 Å². The van der Waals surface area contributed by atoms with Gasteiger partial charge in [0.05, 0.1) is 41.7 Å². The van der Waals surface area contributed by atoms with Crippen molar-refractivity contribution in [3.8, 4) is 22.5 Å². The van der Waals surface area contributed by atoms with Crippen molar-refractivity contribution in [1.29, 1.82) is 0 Å². The quantitative estimate of drug-likeness (QED) is 0.418. The Labute approximate surface area is 189 Å². The lowest BCUT2D eigenvalue weighted by Crippen LogP contribution is -2.31. The van der Waals surface area contributed by atoms with Gasteiger partial charge >= 0.3 is 0 Å². The number of nitrogens with two attached hydrogens (primary N) is 1. The Balaban J connectivity index is 1.48. The highest BCUT2D eigenvalue weighted by atomic mass is 16.5. The normalized spacial score (nSPS) is 16.1. The number of H-pyrrole nitrogens is 1. The number of hydrogen-bond acceptors (Lipinski definition) is 7. The Morgan fingerprint density at radius 1 is 1.21 bits per heavy atom. The van der Waals surface area contributed by atoms with Crippen molar-refractivity contribution in [2.24, 2.45) is 11.0 Å². The van der Waals surface area contributed by atoms with E-state index in [1.165, 1.54) is 0 Å². The lowest BCUT2D eigenvalue weighted by Gasteiger charge is -2.18. The molecule has 0 saturated heterocycles. The molecule has 0 spiro atoms. The second-order valence-corrected chi connectivity index (χ2v) is 8.10. The molecule has 0 bridgehead atoms. The van der Waals surface area contributed by atoms with Crippen molar-refractivity contribution in [1.82, 2.24) is 30.2 Å². The van der Waals surface area contributed by atoms with Crippen LogP contribution in [0.15, 0.2) is 48.0 Å². The molecular weight excluding hydrogens is 420 g/mol. The van der Waals surface area contributed by atoms with Crippen LogP contribution in [-0.4, -0.2) is 50.1 Å². The minimum Gasteiger partial charge on any atom is -0.383 e. The fourth-order valence-electron chi connectivity index (χ4n) is 3.94. The first-order valence-corrected chi connectivity index (χ1v) is 10.7. The number of rotatable bonds is 6. The summed E-state index contributed by atoms with van der Waals surface area (Å²) < 4.78 is 6.94. The standard InChI is InChI=1S/C23H24N8O2/c1-13-7-20(32)29-30-21(13)14-3-4-18-19(9-14)28-23(27-18)17-8-15(10-25-22(17)24)16-11-26-31(12-16)5-6-33-2/h3-4,8-13H,5-7H2,1-2H3,(H2,24,25)(H,27,28)(H,29,32). The molecule has 1 aliphatic rings. The summed E-state index contributed by atoms with van der Waals surface area (Å²) in [6.07, 6.45) is 5.89. The number of aromatic nitrogens is 5. The van der Waals surface area contributed by atoms with Crippen molar-refractivity contribution >= 4 is 28.5 Å². The summed E-state index contributed by atoms with van der Waals surface area (Å²) in [5.74, 6) is 0.989. The van der Waals surface area contributed by atoms with E-state index >= 15 is 0 Å². The molecule has 4 aromatic rings. The van der Waals surface area contributed by atoms with Gasteiger partial charge in [0.25, 0.3) is 0 Å². The summed E-state index contributed by atoms with van der Waals surface area (Å²) in [4.78, 5) is 24.0. The van der Waals surface area contributed by atoms with E-state index in [1.54, 1.807) is 19.5 Å². The highest BCUT2D eigenvalue weighted by molar-refractivity contribution is 6.07. The van der Waals surface area contributed by atoms with Crippen LogP contribution in [0.5, 0.6) is 0 Å². The molecule has 5 rings (SSSR count). The lowest BCUT2D eigenvalue weighted by molar-refractivity contribution is -0.121. The van der Waals surface area contributed by atoms with E-state index in [2.05, 4.69) is 25.6 Å². The number of carbonyl (C=O) groups is 1. The first-order chi connectivity index (χ1) is 16.0. The summed E-state index contributed by atoms with van der Waals surface area (Å²) in [6, 6.07) is 7.86. The number of fused-ring (bicyclic) bond motifs is 1. The first-order valence-electron chi connectivity index (χ1n) is 10.7. The van der Waals surface area contributed by atoms with Crippen LogP contribution >= 0.6 is 0 Å². The third-order valence-corrected chi connectivity index (χ3v) is 5.70. The van der Waals surface area contributed by atoms with Crippen molar-refractivity contribution in [3.05, 3.63) is 48.4 Å². The zero-order chi connectivity index (χ0) is 22.9. The SMILES string of the molecule is COCCn1cc(-c2cnc(N)c(-c3nc4cc(C5=NNC(=O)CC5C)ccc4[nH]3)c2)cn1. The van der Waals surface area contributed by atoms with E-state index in [-0.39, 0.29) is 11.8 Å².